The highest BCUT2D eigenvalue weighted by atomic mass is 16.5. The van der Waals surface area contributed by atoms with E-state index in [1.807, 2.05) is 39.8 Å². The third-order valence-electron chi connectivity index (χ3n) is 2.11. The van der Waals surface area contributed by atoms with E-state index in [2.05, 4.69) is 19.1 Å². The SMILES string of the molecule is CC.CCc1cccc(OCCOC(C)C)c1. The summed E-state index contributed by atoms with van der Waals surface area (Å²) in [4.78, 5) is 0. The van der Waals surface area contributed by atoms with E-state index in [-0.39, 0.29) is 6.10 Å². The summed E-state index contributed by atoms with van der Waals surface area (Å²) in [6, 6.07) is 8.19. The largest absolute Gasteiger partial charge is 0.491 e. The minimum atomic E-state index is 0.274. The maximum absolute atomic E-state index is 5.57. The number of rotatable bonds is 6. The number of benzene rings is 1. The van der Waals surface area contributed by atoms with E-state index >= 15 is 0 Å². The van der Waals surface area contributed by atoms with Crippen molar-refractivity contribution < 1.29 is 9.47 Å². The fourth-order valence-corrected chi connectivity index (χ4v) is 1.30. The van der Waals surface area contributed by atoms with Gasteiger partial charge in [-0.25, -0.2) is 0 Å². The van der Waals surface area contributed by atoms with Crippen molar-refractivity contribution in [2.45, 2.75) is 47.1 Å². The van der Waals surface area contributed by atoms with Crippen molar-refractivity contribution in [2.24, 2.45) is 0 Å². The van der Waals surface area contributed by atoms with Crippen LogP contribution in [0.2, 0.25) is 0 Å². The van der Waals surface area contributed by atoms with Crippen LogP contribution in [0.4, 0.5) is 0 Å². The Bertz CT molecular complexity index is 282. The van der Waals surface area contributed by atoms with Gasteiger partial charge in [0.05, 0.1) is 12.7 Å². The molecule has 0 saturated carbocycles. The highest BCUT2D eigenvalue weighted by Crippen LogP contribution is 2.13. The van der Waals surface area contributed by atoms with Crippen LogP contribution in [0.25, 0.3) is 0 Å². The first-order valence-corrected chi connectivity index (χ1v) is 6.55. The van der Waals surface area contributed by atoms with Gasteiger partial charge >= 0.3 is 0 Å². The van der Waals surface area contributed by atoms with Crippen molar-refractivity contribution in [3.8, 4) is 5.75 Å². The molecule has 0 bridgehead atoms. The van der Waals surface area contributed by atoms with Gasteiger partial charge in [0.25, 0.3) is 0 Å². The van der Waals surface area contributed by atoms with Gasteiger partial charge < -0.3 is 9.47 Å². The first-order chi connectivity index (χ1) is 8.22. The summed E-state index contributed by atoms with van der Waals surface area (Å²) in [5.74, 6) is 0.932. The second-order valence-electron chi connectivity index (χ2n) is 3.77. The second-order valence-corrected chi connectivity index (χ2v) is 3.77. The molecule has 1 aromatic rings. The van der Waals surface area contributed by atoms with Gasteiger partial charge in [-0.05, 0) is 38.0 Å². The molecule has 0 aromatic heterocycles. The third-order valence-corrected chi connectivity index (χ3v) is 2.11. The molecule has 0 radical (unpaired) electrons. The van der Waals surface area contributed by atoms with Crippen molar-refractivity contribution >= 4 is 0 Å². The minimum absolute atomic E-state index is 0.274. The number of ether oxygens (including phenoxy) is 2. The van der Waals surface area contributed by atoms with E-state index in [4.69, 9.17) is 9.47 Å². The average Bonchev–Trinajstić information content (AvgIpc) is 2.37. The molecule has 0 fully saturated rings. The van der Waals surface area contributed by atoms with E-state index in [0.29, 0.717) is 13.2 Å². The Morgan fingerprint density at radius 3 is 2.41 bits per heavy atom. The molecule has 0 N–H and O–H groups in total. The molecular weight excluding hydrogens is 212 g/mol. The first kappa shape index (κ1) is 16.0. The fraction of sp³-hybridized carbons (Fsp3) is 0.600. The molecule has 0 saturated heterocycles. The van der Waals surface area contributed by atoms with Gasteiger partial charge in [-0.15, -0.1) is 0 Å². The van der Waals surface area contributed by atoms with Crippen molar-refractivity contribution in [3.05, 3.63) is 29.8 Å². The molecule has 0 atom stereocenters. The van der Waals surface area contributed by atoms with E-state index in [1.165, 1.54) is 5.56 Å². The van der Waals surface area contributed by atoms with Gasteiger partial charge in [-0.2, -0.15) is 0 Å². The summed E-state index contributed by atoms with van der Waals surface area (Å²) in [6.45, 7) is 11.5. The lowest BCUT2D eigenvalue weighted by Gasteiger charge is -2.09. The molecule has 0 unspecified atom stereocenters. The molecule has 1 aromatic carbocycles. The predicted molar refractivity (Wildman–Crippen MR) is 73.8 cm³/mol. The van der Waals surface area contributed by atoms with Crippen LogP contribution in [0.1, 0.15) is 40.2 Å². The van der Waals surface area contributed by atoms with Gasteiger partial charge in [0, 0.05) is 0 Å². The minimum Gasteiger partial charge on any atom is -0.491 e. The average molecular weight is 238 g/mol. The molecule has 17 heavy (non-hydrogen) atoms. The normalized spacial score (nSPS) is 9.76. The van der Waals surface area contributed by atoms with Crippen LogP contribution in [0.5, 0.6) is 5.75 Å². The molecule has 0 heterocycles. The van der Waals surface area contributed by atoms with Crippen LogP contribution in [0.3, 0.4) is 0 Å². The zero-order valence-electron chi connectivity index (χ0n) is 11.8. The molecule has 0 aliphatic carbocycles. The van der Waals surface area contributed by atoms with Crippen molar-refractivity contribution in [3.63, 3.8) is 0 Å². The van der Waals surface area contributed by atoms with Gasteiger partial charge in [0.2, 0.25) is 0 Å². The Morgan fingerprint density at radius 1 is 1.12 bits per heavy atom. The molecule has 98 valence electrons. The van der Waals surface area contributed by atoms with E-state index in [1.54, 1.807) is 0 Å². The summed E-state index contributed by atoms with van der Waals surface area (Å²) in [5, 5.41) is 0. The summed E-state index contributed by atoms with van der Waals surface area (Å²) >= 11 is 0. The van der Waals surface area contributed by atoms with E-state index in [0.717, 1.165) is 12.2 Å². The Labute approximate surface area is 106 Å². The monoisotopic (exact) mass is 238 g/mol. The summed E-state index contributed by atoms with van der Waals surface area (Å²) in [5.41, 5.74) is 1.30. The van der Waals surface area contributed by atoms with Crippen molar-refractivity contribution in [1.29, 1.82) is 0 Å². The quantitative estimate of drug-likeness (QED) is 0.695. The molecule has 2 nitrogen and oxygen atoms in total. The van der Waals surface area contributed by atoms with E-state index in [9.17, 15) is 0 Å². The van der Waals surface area contributed by atoms with Crippen molar-refractivity contribution in [1.82, 2.24) is 0 Å². The zero-order chi connectivity index (χ0) is 13.1. The smallest absolute Gasteiger partial charge is 0.119 e. The maximum Gasteiger partial charge on any atom is 0.119 e. The zero-order valence-corrected chi connectivity index (χ0v) is 11.8. The highest BCUT2D eigenvalue weighted by molar-refractivity contribution is 5.28. The van der Waals surface area contributed by atoms with Gasteiger partial charge in [-0.1, -0.05) is 32.9 Å². The van der Waals surface area contributed by atoms with Crippen molar-refractivity contribution in [2.75, 3.05) is 13.2 Å². The lowest BCUT2D eigenvalue weighted by Crippen LogP contribution is -2.11. The summed E-state index contributed by atoms with van der Waals surface area (Å²) in [7, 11) is 0. The second kappa shape index (κ2) is 10.2. The number of hydrogen-bond donors (Lipinski definition) is 0. The van der Waals surface area contributed by atoms with Crippen LogP contribution in [-0.2, 0) is 11.2 Å². The summed E-state index contributed by atoms with van der Waals surface area (Å²) in [6.07, 6.45) is 1.32. The first-order valence-electron chi connectivity index (χ1n) is 6.55. The Balaban J connectivity index is 0.00000121. The topological polar surface area (TPSA) is 18.5 Å². The molecule has 1 rings (SSSR count). The molecular formula is C15H26O2. The maximum atomic E-state index is 5.57. The van der Waals surface area contributed by atoms with Crippen LogP contribution >= 0.6 is 0 Å². The summed E-state index contributed by atoms with van der Waals surface area (Å²) < 4.78 is 11.0. The predicted octanol–water partition coefficient (Wildman–Crippen LogP) is 4.08. The van der Waals surface area contributed by atoms with E-state index < -0.39 is 0 Å². The molecule has 0 amide bonds. The number of aryl methyl sites for hydroxylation is 1. The lowest BCUT2D eigenvalue weighted by molar-refractivity contribution is 0.0552. The third kappa shape index (κ3) is 7.81. The Hall–Kier alpha value is -1.02. The van der Waals surface area contributed by atoms with Crippen LogP contribution in [0, 0.1) is 0 Å². The standard InChI is InChI=1S/C13H20O2.C2H6/c1-4-12-6-5-7-13(10-12)15-9-8-14-11(2)3;1-2/h5-7,10-11H,4,8-9H2,1-3H3;1-2H3. The van der Waals surface area contributed by atoms with Crippen LogP contribution in [0.15, 0.2) is 24.3 Å². The molecule has 0 aliphatic heterocycles. The van der Waals surface area contributed by atoms with Crippen LogP contribution in [-0.4, -0.2) is 19.3 Å². The highest BCUT2D eigenvalue weighted by Gasteiger charge is 1.96. The van der Waals surface area contributed by atoms with Gasteiger partial charge in [0.15, 0.2) is 0 Å². The Morgan fingerprint density at radius 2 is 1.82 bits per heavy atom. The lowest BCUT2D eigenvalue weighted by atomic mass is 10.2. The fourth-order valence-electron chi connectivity index (χ4n) is 1.30. The molecule has 0 aliphatic rings. The van der Waals surface area contributed by atoms with Crippen LogP contribution < -0.4 is 4.74 Å². The Kier molecular flexibility index (Phi) is 9.55. The molecule has 0 spiro atoms. The van der Waals surface area contributed by atoms with Gasteiger partial charge in [-0.3, -0.25) is 0 Å². The number of hydrogen-bond acceptors (Lipinski definition) is 2. The van der Waals surface area contributed by atoms with Gasteiger partial charge in [0.1, 0.15) is 12.4 Å². The molecule has 2 heteroatoms.